The molecule has 1 N–H and O–H groups in total. The Labute approximate surface area is 156 Å². The summed E-state index contributed by atoms with van der Waals surface area (Å²) in [6.45, 7) is 3.80. The smallest absolute Gasteiger partial charge is 0.277 e. The molecular formula is C19H19N3O3S. The molecule has 1 atom stereocenters. The molecule has 0 radical (unpaired) electrons. The number of thioether (sulfide) groups is 1. The van der Waals surface area contributed by atoms with E-state index in [0.717, 1.165) is 11.1 Å². The zero-order valence-electron chi connectivity index (χ0n) is 14.7. The zero-order chi connectivity index (χ0) is 18.5. The highest BCUT2D eigenvalue weighted by Crippen LogP contribution is 2.27. The highest BCUT2D eigenvalue weighted by atomic mass is 32.2. The molecule has 6 nitrogen and oxygen atoms in total. The first-order chi connectivity index (χ1) is 12.5. The van der Waals surface area contributed by atoms with Crippen LogP contribution in [0, 0.1) is 6.92 Å². The van der Waals surface area contributed by atoms with E-state index in [9.17, 15) is 4.79 Å². The normalized spacial score (nSPS) is 11.8. The number of rotatable bonds is 6. The van der Waals surface area contributed by atoms with Crippen LogP contribution >= 0.6 is 11.8 Å². The third-order valence-electron chi connectivity index (χ3n) is 3.69. The fourth-order valence-corrected chi connectivity index (χ4v) is 2.90. The summed E-state index contributed by atoms with van der Waals surface area (Å²) in [5.74, 6) is 0.967. The van der Waals surface area contributed by atoms with Crippen LogP contribution in [0.1, 0.15) is 12.5 Å². The molecule has 0 aliphatic heterocycles. The molecule has 0 aliphatic carbocycles. The highest BCUT2D eigenvalue weighted by molar-refractivity contribution is 8.00. The molecule has 0 saturated carbocycles. The number of anilines is 1. The average Bonchev–Trinajstić information content (AvgIpc) is 3.11. The number of carbonyl (C=O) groups is 1. The fraction of sp³-hybridized carbons (Fsp3) is 0.211. The Bertz CT molecular complexity index is 893. The van der Waals surface area contributed by atoms with Crippen LogP contribution in [0.25, 0.3) is 11.5 Å². The Morgan fingerprint density at radius 1 is 1.19 bits per heavy atom. The topological polar surface area (TPSA) is 77.2 Å². The van der Waals surface area contributed by atoms with Gasteiger partial charge in [0.15, 0.2) is 0 Å². The van der Waals surface area contributed by atoms with Gasteiger partial charge in [0.1, 0.15) is 5.75 Å². The van der Waals surface area contributed by atoms with Crippen LogP contribution in [0.4, 0.5) is 5.69 Å². The quantitative estimate of drug-likeness (QED) is 0.657. The number of carbonyl (C=O) groups excluding carboxylic acids is 1. The van der Waals surface area contributed by atoms with Gasteiger partial charge >= 0.3 is 0 Å². The second-order valence-electron chi connectivity index (χ2n) is 5.72. The molecule has 0 spiro atoms. The van der Waals surface area contributed by atoms with Crippen molar-refractivity contribution in [3.05, 3.63) is 54.1 Å². The second-order valence-corrected chi connectivity index (χ2v) is 7.01. The number of nitrogens with zero attached hydrogens (tertiary/aromatic N) is 2. The van der Waals surface area contributed by atoms with Gasteiger partial charge in [-0.05, 0) is 38.1 Å². The molecule has 134 valence electrons. The lowest BCUT2D eigenvalue weighted by atomic mass is 10.1. The van der Waals surface area contributed by atoms with Crippen molar-refractivity contribution >= 4 is 23.4 Å². The number of aromatic nitrogens is 2. The summed E-state index contributed by atoms with van der Waals surface area (Å²) in [4.78, 5) is 12.4. The minimum absolute atomic E-state index is 0.154. The fourth-order valence-electron chi connectivity index (χ4n) is 2.22. The number of benzene rings is 2. The summed E-state index contributed by atoms with van der Waals surface area (Å²) < 4.78 is 10.8. The van der Waals surface area contributed by atoms with Gasteiger partial charge in [0.25, 0.3) is 5.22 Å². The number of nitrogens with one attached hydrogen (secondary N) is 1. The van der Waals surface area contributed by atoms with E-state index in [2.05, 4.69) is 15.5 Å². The summed E-state index contributed by atoms with van der Waals surface area (Å²) >= 11 is 1.22. The number of amides is 1. The van der Waals surface area contributed by atoms with Crippen LogP contribution < -0.4 is 10.1 Å². The van der Waals surface area contributed by atoms with Crippen molar-refractivity contribution in [3.63, 3.8) is 0 Å². The van der Waals surface area contributed by atoms with E-state index in [0.29, 0.717) is 22.6 Å². The first-order valence-corrected chi connectivity index (χ1v) is 8.95. The lowest BCUT2D eigenvalue weighted by molar-refractivity contribution is -0.115. The van der Waals surface area contributed by atoms with Gasteiger partial charge in [-0.3, -0.25) is 4.79 Å². The summed E-state index contributed by atoms with van der Waals surface area (Å²) in [6.07, 6.45) is 0. The molecule has 0 fully saturated rings. The van der Waals surface area contributed by atoms with Gasteiger partial charge in [-0.2, -0.15) is 0 Å². The average molecular weight is 369 g/mol. The van der Waals surface area contributed by atoms with E-state index in [4.69, 9.17) is 9.15 Å². The monoisotopic (exact) mass is 369 g/mol. The number of methoxy groups -OCH3 is 1. The van der Waals surface area contributed by atoms with E-state index in [-0.39, 0.29) is 5.91 Å². The van der Waals surface area contributed by atoms with Crippen molar-refractivity contribution in [2.45, 2.75) is 24.3 Å². The van der Waals surface area contributed by atoms with Gasteiger partial charge in [0.05, 0.1) is 12.4 Å². The van der Waals surface area contributed by atoms with Gasteiger partial charge in [0, 0.05) is 17.3 Å². The molecule has 3 aromatic rings. The predicted octanol–water partition coefficient (Wildman–Crippen LogP) is 4.17. The Hall–Kier alpha value is -2.80. The van der Waals surface area contributed by atoms with Gasteiger partial charge in [-0.1, -0.05) is 35.5 Å². The Kier molecular flexibility index (Phi) is 5.58. The van der Waals surface area contributed by atoms with Gasteiger partial charge < -0.3 is 14.5 Å². The highest BCUT2D eigenvalue weighted by Gasteiger charge is 2.19. The molecular weight excluding hydrogens is 350 g/mol. The first kappa shape index (κ1) is 18.0. The predicted molar refractivity (Wildman–Crippen MR) is 101 cm³/mol. The van der Waals surface area contributed by atoms with Crippen LogP contribution in [0.3, 0.4) is 0 Å². The van der Waals surface area contributed by atoms with Crippen LogP contribution in [0.2, 0.25) is 0 Å². The lowest BCUT2D eigenvalue weighted by Gasteiger charge is -2.10. The summed E-state index contributed by atoms with van der Waals surface area (Å²) in [7, 11) is 1.58. The maximum Gasteiger partial charge on any atom is 0.277 e. The van der Waals surface area contributed by atoms with E-state index in [1.54, 1.807) is 26.2 Å². The summed E-state index contributed by atoms with van der Waals surface area (Å²) in [6, 6.07) is 15.0. The Morgan fingerprint density at radius 3 is 2.69 bits per heavy atom. The van der Waals surface area contributed by atoms with E-state index in [1.807, 2.05) is 43.3 Å². The molecule has 0 unspecified atom stereocenters. The van der Waals surface area contributed by atoms with Crippen LogP contribution in [-0.4, -0.2) is 28.5 Å². The molecule has 1 aromatic heterocycles. The van der Waals surface area contributed by atoms with Crippen LogP contribution in [0.15, 0.2) is 58.2 Å². The lowest BCUT2D eigenvalue weighted by Crippen LogP contribution is -2.22. The van der Waals surface area contributed by atoms with Crippen LogP contribution in [0.5, 0.6) is 5.75 Å². The molecule has 26 heavy (non-hydrogen) atoms. The number of hydrogen-bond acceptors (Lipinski definition) is 6. The van der Waals surface area contributed by atoms with Crippen molar-refractivity contribution in [2.24, 2.45) is 0 Å². The number of ether oxygens (including phenoxy) is 1. The minimum atomic E-state index is -0.396. The van der Waals surface area contributed by atoms with E-state index >= 15 is 0 Å². The summed E-state index contributed by atoms with van der Waals surface area (Å²) in [5, 5.41) is 10.9. The molecule has 2 aromatic carbocycles. The minimum Gasteiger partial charge on any atom is -0.497 e. The molecule has 0 saturated heterocycles. The zero-order valence-corrected chi connectivity index (χ0v) is 15.5. The van der Waals surface area contributed by atoms with Crippen molar-refractivity contribution in [1.82, 2.24) is 10.2 Å². The Morgan fingerprint density at radius 2 is 1.96 bits per heavy atom. The second kappa shape index (κ2) is 8.05. The standard InChI is InChI=1S/C19H19N3O3S/c1-12-7-9-14(10-8-12)18-21-22-19(25-18)26-13(2)17(23)20-15-5-4-6-16(11-15)24-3/h4-11,13H,1-3H3,(H,20,23)/t13-/m1/s1. The summed E-state index contributed by atoms with van der Waals surface area (Å²) in [5.41, 5.74) is 2.68. The molecule has 1 amide bonds. The number of hydrogen-bond donors (Lipinski definition) is 1. The van der Waals surface area contributed by atoms with Crippen molar-refractivity contribution in [2.75, 3.05) is 12.4 Å². The molecule has 0 aliphatic rings. The third-order valence-corrected chi connectivity index (χ3v) is 4.62. The first-order valence-electron chi connectivity index (χ1n) is 8.07. The molecule has 3 rings (SSSR count). The Balaban J connectivity index is 1.63. The number of aryl methyl sites for hydroxylation is 1. The maximum atomic E-state index is 12.4. The van der Waals surface area contributed by atoms with Gasteiger partial charge in [-0.25, -0.2) is 0 Å². The van der Waals surface area contributed by atoms with Crippen molar-refractivity contribution < 1.29 is 13.9 Å². The molecule has 1 heterocycles. The largest absolute Gasteiger partial charge is 0.497 e. The van der Waals surface area contributed by atoms with Crippen LogP contribution in [-0.2, 0) is 4.79 Å². The third kappa shape index (κ3) is 4.43. The van der Waals surface area contributed by atoms with E-state index in [1.165, 1.54) is 11.8 Å². The maximum absolute atomic E-state index is 12.4. The van der Waals surface area contributed by atoms with Crippen molar-refractivity contribution in [3.8, 4) is 17.2 Å². The van der Waals surface area contributed by atoms with Gasteiger partial charge in [0.2, 0.25) is 11.8 Å². The van der Waals surface area contributed by atoms with Gasteiger partial charge in [-0.15, -0.1) is 10.2 Å². The molecule has 0 bridgehead atoms. The SMILES string of the molecule is COc1cccc(NC(=O)[C@@H](C)Sc2nnc(-c3ccc(C)cc3)o2)c1. The van der Waals surface area contributed by atoms with E-state index < -0.39 is 5.25 Å². The van der Waals surface area contributed by atoms with Crippen molar-refractivity contribution in [1.29, 1.82) is 0 Å². The molecule has 7 heteroatoms.